The van der Waals surface area contributed by atoms with E-state index < -0.39 is 0 Å². The smallest absolute Gasteiger partial charge is 0.182 e. The van der Waals surface area contributed by atoms with E-state index in [9.17, 15) is 0 Å². The van der Waals surface area contributed by atoms with Gasteiger partial charge in [0, 0.05) is 7.05 Å². The first-order valence-electron chi connectivity index (χ1n) is 3.33. The molecule has 60 valence electrons. The van der Waals surface area contributed by atoms with Crippen molar-refractivity contribution in [2.24, 2.45) is 0 Å². The number of nitrogens with zero attached hydrogens (tertiary/aromatic N) is 2. The fourth-order valence-corrected chi connectivity index (χ4v) is 0.884. The van der Waals surface area contributed by atoms with E-state index in [4.69, 9.17) is 4.74 Å². The second-order valence-corrected chi connectivity index (χ2v) is 2.09. The fraction of sp³-hybridized carbons (Fsp3) is 0.429. The number of hydrogen-bond acceptors (Lipinski definition) is 4. The highest BCUT2D eigenvalue weighted by molar-refractivity contribution is 5.50. The maximum absolute atomic E-state index is 5.08. The minimum atomic E-state index is 0.704. The Kier molecular flexibility index (Phi) is 2.25. The molecule has 0 aliphatic heterocycles. The van der Waals surface area contributed by atoms with Gasteiger partial charge in [-0.25, -0.2) is 9.97 Å². The molecule has 0 spiro atoms. The SMILES string of the molecule is CNc1ncnc(C)c1OC. The monoisotopic (exact) mass is 153 g/mol. The Bertz CT molecular complexity index is 249. The van der Waals surface area contributed by atoms with Crippen LogP contribution in [0.25, 0.3) is 0 Å². The summed E-state index contributed by atoms with van der Waals surface area (Å²) >= 11 is 0. The van der Waals surface area contributed by atoms with Crippen LogP contribution in [0.2, 0.25) is 0 Å². The molecule has 0 radical (unpaired) electrons. The van der Waals surface area contributed by atoms with Gasteiger partial charge in [0.05, 0.1) is 12.8 Å². The first kappa shape index (κ1) is 7.78. The number of ether oxygens (including phenoxy) is 1. The van der Waals surface area contributed by atoms with Crippen LogP contribution in [0.5, 0.6) is 5.75 Å². The van der Waals surface area contributed by atoms with Gasteiger partial charge in [0.1, 0.15) is 6.33 Å². The van der Waals surface area contributed by atoms with Crippen molar-refractivity contribution in [1.29, 1.82) is 0 Å². The lowest BCUT2D eigenvalue weighted by Gasteiger charge is -2.07. The summed E-state index contributed by atoms with van der Waals surface area (Å²) < 4.78 is 5.08. The minimum absolute atomic E-state index is 0.704. The summed E-state index contributed by atoms with van der Waals surface area (Å²) in [4.78, 5) is 7.96. The van der Waals surface area contributed by atoms with E-state index in [0.717, 1.165) is 11.5 Å². The van der Waals surface area contributed by atoms with Crippen molar-refractivity contribution in [1.82, 2.24) is 9.97 Å². The standard InChI is InChI=1S/C7H11N3O/c1-5-6(11-3)7(8-2)10-4-9-5/h4H,1-3H3,(H,8,9,10). The molecule has 1 aromatic heterocycles. The number of anilines is 1. The van der Waals surface area contributed by atoms with Gasteiger partial charge >= 0.3 is 0 Å². The molecule has 4 heteroatoms. The van der Waals surface area contributed by atoms with Crippen LogP contribution in [0.1, 0.15) is 5.69 Å². The Morgan fingerprint density at radius 3 is 2.64 bits per heavy atom. The molecule has 0 amide bonds. The van der Waals surface area contributed by atoms with E-state index >= 15 is 0 Å². The molecule has 1 heterocycles. The maximum atomic E-state index is 5.08. The summed E-state index contributed by atoms with van der Waals surface area (Å²) in [5.74, 6) is 1.43. The normalized spacial score (nSPS) is 9.36. The number of aryl methyl sites for hydroxylation is 1. The van der Waals surface area contributed by atoms with E-state index in [0.29, 0.717) is 5.75 Å². The van der Waals surface area contributed by atoms with Crippen molar-refractivity contribution in [2.75, 3.05) is 19.5 Å². The fourth-order valence-electron chi connectivity index (χ4n) is 0.884. The predicted molar refractivity (Wildman–Crippen MR) is 42.9 cm³/mol. The molecule has 0 aliphatic rings. The molecule has 0 saturated heterocycles. The number of nitrogens with one attached hydrogen (secondary N) is 1. The highest BCUT2D eigenvalue weighted by atomic mass is 16.5. The molecule has 1 aromatic rings. The average Bonchev–Trinajstić information content (AvgIpc) is 2.04. The molecule has 1 N–H and O–H groups in total. The molecule has 0 saturated carbocycles. The molecular weight excluding hydrogens is 142 g/mol. The summed E-state index contributed by atoms with van der Waals surface area (Å²) in [6.07, 6.45) is 1.50. The van der Waals surface area contributed by atoms with Crippen LogP contribution in [-0.4, -0.2) is 24.1 Å². The van der Waals surface area contributed by atoms with Gasteiger partial charge in [-0.1, -0.05) is 0 Å². The van der Waals surface area contributed by atoms with E-state index in [1.807, 2.05) is 6.92 Å². The third kappa shape index (κ3) is 1.39. The zero-order valence-corrected chi connectivity index (χ0v) is 6.88. The molecule has 0 aromatic carbocycles. The third-order valence-electron chi connectivity index (χ3n) is 1.42. The molecule has 0 aliphatic carbocycles. The highest BCUT2D eigenvalue weighted by Crippen LogP contribution is 2.22. The van der Waals surface area contributed by atoms with Gasteiger partial charge in [-0.05, 0) is 6.92 Å². The highest BCUT2D eigenvalue weighted by Gasteiger charge is 2.04. The molecule has 4 nitrogen and oxygen atoms in total. The van der Waals surface area contributed by atoms with Gasteiger partial charge < -0.3 is 10.1 Å². The average molecular weight is 153 g/mol. The predicted octanol–water partition coefficient (Wildman–Crippen LogP) is 0.835. The van der Waals surface area contributed by atoms with E-state index in [-0.39, 0.29) is 0 Å². The van der Waals surface area contributed by atoms with Gasteiger partial charge in [0.25, 0.3) is 0 Å². The molecule has 11 heavy (non-hydrogen) atoms. The molecule has 0 atom stereocenters. The summed E-state index contributed by atoms with van der Waals surface area (Å²) in [5.41, 5.74) is 0.840. The molecule has 0 bridgehead atoms. The van der Waals surface area contributed by atoms with Crippen molar-refractivity contribution >= 4 is 5.82 Å². The zero-order chi connectivity index (χ0) is 8.27. The number of aromatic nitrogens is 2. The lowest BCUT2D eigenvalue weighted by Crippen LogP contribution is -1.99. The Hall–Kier alpha value is -1.32. The van der Waals surface area contributed by atoms with Crippen molar-refractivity contribution in [3.05, 3.63) is 12.0 Å². The molecular formula is C7H11N3O. The first-order chi connectivity index (χ1) is 5.29. The van der Waals surface area contributed by atoms with Gasteiger partial charge in [-0.15, -0.1) is 0 Å². The Labute approximate surface area is 65.6 Å². The topological polar surface area (TPSA) is 47.0 Å². The van der Waals surface area contributed by atoms with E-state index in [1.54, 1.807) is 14.2 Å². The van der Waals surface area contributed by atoms with Gasteiger partial charge in [-0.3, -0.25) is 0 Å². The second kappa shape index (κ2) is 3.18. The molecule has 1 rings (SSSR count). The minimum Gasteiger partial charge on any atom is -0.491 e. The van der Waals surface area contributed by atoms with Crippen LogP contribution < -0.4 is 10.1 Å². The van der Waals surface area contributed by atoms with Crippen molar-refractivity contribution in [3.63, 3.8) is 0 Å². The lowest BCUT2D eigenvalue weighted by atomic mass is 10.4. The van der Waals surface area contributed by atoms with Crippen molar-refractivity contribution in [3.8, 4) is 5.75 Å². The quantitative estimate of drug-likeness (QED) is 0.683. The molecule has 0 fully saturated rings. The summed E-state index contributed by atoms with van der Waals surface area (Å²) in [5, 5.41) is 2.91. The van der Waals surface area contributed by atoms with Crippen molar-refractivity contribution < 1.29 is 4.74 Å². The van der Waals surface area contributed by atoms with Crippen LogP contribution in [0.3, 0.4) is 0 Å². The third-order valence-corrected chi connectivity index (χ3v) is 1.42. The zero-order valence-electron chi connectivity index (χ0n) is 6.88. The second-order valence-electron chi connectivity index (χ2n) is 2.09. The summed E-state index contributed by atoms with van der Waals surface area (Å²) in [6.45, 7) is 1.88. The number of methoxy groups -OCH3 is 1. The Morgan fingerprint density at radius 1 is 1.45 bits per heavy atom. The van der Waals surface area contributed by atoms with Crippen LogP contribution in [0, 0.1) is 6.92 Å². The number of hydrogen-bond donors (Lipinski definition) is 1. The van der Waals surface area contributed by atoms with E-state index in [1.165, 1.54) is 6.33 Å². The number of rotatable bonds is 2. The van der Waals surface area contributed by atoms with Crippen molar-refractivity contribution in [2.45, 2.75) is 6.92 Å². The van der Waals surface area contributed by atoms with Gasteiger partial charge in [0.15, 0.2) is 11.6 Å². The molecule has 0 unspecified atom stereocenters. The largest absolute Gasteiger partial charge is 0.491 e. The summed E-state index contributed by atoms with van der Waals surface area (Å²) in [6, 6.07) is 0. The van der Waals surface area contributed by atoms with E-state index in [2.05, 4.69) is 15.3 Å². The first-order valence-corrected chi connectivity index (χ1v) is 3.33. The Balaban J connectivity index is 3.13. The van der Waals surface area contributed by atoms with Crippen LogP contribution in [0.15, 0.2) is 6.33 Å². The van der Waals surface area contributed by atoms with Crippen LogP contribution in [0.4, 0.5) is 5.82 Å². The van der Waals surface area contributed by atoms with Gasteiger partial charge in [0.2, 0.25) is 0 Å². The summed E-state index contributed by atoms with van der Waals surface area (Å²) in [7, 11) is 3.40. The lowest BCUT2D eigenvalue weighted by molar-refractivity contribution is 0.409. The van der Waals surface area contributed by atoms with Gasteiger partial charge in [-0.2, -0.15) is 0 Å². The Morgan fingerprint density at radius 2 is 2.18 bits per heavy atom. The van der Waals surface area contributed by atoms with Crippen LogP contribution in [-0.2, 0) is 0 Å². The van der Waals surface area contributed by atoms with Crippen LogP contribution >= 0.6 is 0 Å². The maximum Gasteiger partial charge on any atom is 0.182 e.